The molecule has 18 heavy (non-hydrogen) atoms. The van der Waals surface area contributed by atoms with E-state index in [-0.39, 0.29) is 12.4 Å². The molecular formula is C15H16FNO. The van der Waals surface area contributed by atoms with Crippen LogP contribution >= 0.6 is 0 Å². The first-order chi connectivity index (χ1) is 8.58. The first-order valence-corrected chi connectivity index (χ1v) is 5.81. The summed E-state index contributed by atoms with van der Waals surface area (Å²) in [4.78, 5) is 0. The summed E-state index contributed by atoms with van der Waals surface area (Å²) in [7, 11) is 0. The summed E-state index contributed by atoms with van der Waals surface area (Å²) < 4.78 is 19.2. The summed E-state index contributed by atoms with van der Waals surface area (Å²) >= 11 is 0. The van der Waals surface area contributed by atoms with Gasteiger partial charge in [0, 0.05) is 11.3 Å². The smallest absolute Gasteiger partial charge is 0.131 e. The zero-order chi connectivity index (χ0) is 13.1. The molecule has 0 saturated carbocycles. The normalized spacial score (nSPS) is 10.4. The number of benzene rings is 2. The number of nitrogens with two attached hydrogens (primary N) is 1. The molecule has 2 nitrogen and oxygen atoms in total. The van der Waals surface area contributed by atoms with Gasteiger partial charge in [0.2, 0.25) is 0 Å². The molecule has 0 bridgehead atoms. The van der Waals surface area contributed by atoms with E-state index < -0.39 is 0 Å². The van der Waals surface area contributed by atoms with E-state index in [9.17, 15) is 4.39 Å². The van der Waals surface area contributed by atoms with Crippen LogP contribution in [-0.4, -0.2) is 0 Å². The lowest BCUT2D eigenvalue weighted by molar-refractivity contribution is 0.297. The van der Waals surface area contributed by atoms with Crippen LogP contribution in [0.3, 0.4) is 0 Å². The average molecular weight is 245 g/mol. The minimum Gasteiger partial charge on any atom is -0.489 e. The first kappa shape index (κ1) is 12.4. The zero-order valence-corrected chi connectivity index (χ0v) is 10.5. The van der Waals surface area contributed by atoms with E-state index >= 15 is 0 Å². The van der Waals surface area contributed by atoms with Crippen LogP contribution in [0.1, 0.15) is 16.7 Å². The lowest BCUT2D eigenvalue weighted by Gasteiger charge is -2.11. The number of hydrogen-bond donors (Lipinski definition) is 1. The highest BCUT2D eigenvalue weighted by Crippen LogP contribution is 2.22. The average Bonchev–Trinajstić information content (AvgIpc) is 2.33. The number of hydrogen-bond acceptors (Lipinski definition) is 2. The lowest BCUT2D eigenvalue weighted by Crippen LogP contribution is -2.01. The van der Waals surface area contributed by atoms with Crippen LogP contribution in [-0.2, 0) is 6.61 Å². The summed E-state index contributed by atoms with van der Waals surface area (Å²) in [6, 6.07) is 10.5. The van der Waals surface area contributed by atoms with Crippen molar-refractivity contribution in [3.8, 4) is 5.75 Å². The molecular weight excluding hydrogens is 229 g/mol. The molecule has 94 valence electrons. The highest BCUT2D eigenvalue weighted by Gasteiger charge is 2.06. The molecule has 0 radical (unpaired) electrons. The Morgan fingerprint density at radius 3 is 2.67 bits per heavy atom. The van der Waals surface area contributed by atoms with E-state index in [0.29, 0.717) is 11.3 Å². The third-order valence-electron chi connectivity index (χ3n) is 3.02. The maximum Gasteiger partial charge on any atom is 0.131 e. The summed E-state index contributed by atoms with van der Waals surface area (Å²) in [6.45, 7) is 4.21. The van der Waals surface area contributed by atoms with Gasteiger partial charge in [-0.25, -0.2) is 4.39 Å². The van der Waals surface area contributed by atoms with Crippen molar-refractivity contribution in [3.05, 3.63) is 58.9 Å². The van der Waals surface area contributed by atoms with Gasteiger partial charge in [-0.05, 0) is 43.2 Å². The van der Waals surface area contributed by atoms with Gasteiger partial charge in [0.15, 0.2) is 0 Å². The second-order valence-electron chi connectivity index (χ2n) is 4.34. The molecule has 0 spiro atoms. The number of aryl methyl sites for hydroxylation is 1. The Labute approximate surface area is 106 Å². The van der Waals surface area contributed by atoms with Crippen LogP contribution in [0.4, 0.5) is 10.1 Å². The summed E-state index contributed by atoms with van der Waals surface area (Å²) in [5.74, 6) is 0.450. The Hall–Kier alpha value is -2.03. The summed E-state index contributed by atoms with van der Waals surface area (Å²) in [6.07, 6.45) is 0. The summed E-state index contributed by atoms with van der Waals surface area (Å²) in [5.41, 5.74) is 8.66. The van der Waals surface area contributed by atoms with E-state index in [1.54, 1.807) is 12.1 Å². The molecule has 0 aliphatic rings. The van der Waals surface area contributed by atoms with Crippen molar-refractivity contribution in [2.75, 3.05) is 5.73 Å². The van der Waals surface area contributed by atoms with Crippen LogP contribution in [0.15, 0.2) is 36.4 Å². The molecule has 2 N–H and O–H groups in total. The highest BCUT2D eigenvalue weighted by molar-refractivity contribution is 5.41. The SMILES string of the molecule is Cc1cccc(OCc2ccc(N)cc2F)c1C. The third-order valence-corrected chi connectivity index (χ3v) is 3.02. The lowest BCUT2D eigenvalue weighted by atomic mass is 10.1. The number of nitrogen functional groups attached to an aromatic ring is 1. The number of rotatable bonds is 3. The fourth-order valence-electron chi connectivity index (χ4n) is 1.72. The van der Waals surface area contributed by atoms with Crippen LogP contribution in [0.2, 0.25) is 0 Å². The minimum absolute atomic E-state index is 0.205. The Kier molecular flexibility index (Phi) is 3.51. The van der Waals surface area contributed by atoms with Gasteiger partial charge in [0.25, 0.3) is 0 Å². The van der Waals surface area contributed by atoms with Crippen molar-refractivity contribution < 1.29 is 9.13 Å². The molecule has 2 aromatic rings. The van der Waals surface area contributed by atoms with Gasteiger partial charge in [-0.1, -0.05) is 18.2 Å². The molecule has 0 unspecified atom stereocenters. The monoisotopic (exact) mass is 245 g/mol. The fourth-order valence-corrected chi connectivity index (χ4v) is 1.72. The predicted octanol–water partition coefficient (Wildman–Crippen LogP) is 3.60. The van der Waals surface area contributed by atoms with E-state index in [1.165, 1.54) is 6.07 Å². The first-order valence-electron chi connectivity index (χ1n) is 5.81. The molecule has 2 aromatic carbocycles. The van der Waals surface area contributed by atoms with E-state index in [0.717, 1.165) is 16.9 Å². The van der Waals surface area contributed by atoms with Gasteiger partial charge < -0.3 is 10.5 Å². The molecule has 0 fully saturated rings. The van der Waals surface area contributed by atoms with Gasteiger partial charge >= 0.3 is 0 Å². The standard InChI is InChI=1S/C15H16FNO/c1-10-4-3-5-15(11(10)2)18-9-12-6-7-13(17)8-14(12)16/h3-8H,9,17H2,1-2H3. The van der Waals surface area contributed by atoms with Gasteiger partial charge in [0.05, 0.1) is 0 Å². The van der Waals surface area contributed by atoms with Crippen molar-refractivity contribution in [1.29, 1.82) is 0 Å². The third kappa shape index (κ3) is 2.62. The predicted molar refractivity (Wildman–Crippen MR) is 71.1 cm³/mol. The molecule has 0 saturated heterocycles. The van der Waals surface area contributed by atoms with Crippen LogP contribution in [0, 0.1) is 19.7 Å². The zero-order valence-electron chi connectivity index (χ0n) is 10.5. The Balaban J connectivity index is 2.14. The topological polar surface area (TPSA) is 35.2 Å². The molecule has 2 rings (SSSR count). The van der Waals surface area contributed by atoms with Crippen LogP contribution < -0.4 is 10.5 Å². The second kappa shape index (κ2) is 5.08. The fraction of sp³-hybridized carbons (Fsp3) is 0.200. The molecule has 0 atom stereocenters. The Morgan fingerprint density at radius 2 is 1.94 bits per heavy atom. The maximum absolute atomic E-state index is 13.6. The van der Waals surface area contributed by atoms with E-state index in [2.05, 4.69) is 0 Å². The Morgan fingerprint density at radius 1 is 1.17 bits per heavy atom. The van der Waals surface area contributed by atoms with Crippen molar-refractivity contribution >= 4 is 5.69 Å². The molecule has 0 aliphatic heterocycles. The number of ether oxygens (including phenoxy) is 1. The molecule has 0 aliphatic carbocycles. The number of anilines is 1. The van der Waals surface area contributed by atoms with Gasteiger partial charge in [-0.15, -0.1) is 0 Å². The van der Waals surface area contributed by atoms with Crippen molar-refractivity contribution in [1.82, 2.24) is 0 Å². The van der Waals surface area contributed by atoms with Crippen molar-refractivity contribution in [3.63, 3.8) is 0 Å². The maximum atomic E-state index is 13.6. The molecule has 0 aromatic heterocycles. The molecule has 0 heterocycles. The van der Waals surface area contributed by atoms with Crippen molar-refractivity contribution in [2.24, 2.45) is 0 Å². The Bertz CT molecular complexity index is 566. The van der Waals surface area contributed by atoms with Gasteiger partial charge in [-0.3, -0.25) is 0 Å². The number of halogens is 1. The van der Waals surface area contributed by atoms with Crippen LogP contribution in [0.25, 0.3) is 0 Å². The minimum atomic E-state index is -0.333. The largest absolute Gasteiger partial charge is 0.489 e. The van der Waals surface area contributed by atoms with Gasteiger partial charge in [0.1, 0.15) is 18.2 Å². The van der Waals surface area contributed by atoms with Gasteiger partial charge in [-0.2, -0.15) is 0 Å². The quantitative estimate of drug-likeness (QED) is 0.838. The molecule has 3 heteroatoms. The van der Waals surface area contributed by atoms with Crippen molar-refractivity contribution in [2.45, 2.75) is 20.5 Å². The highest BCUT2D eigenvalue weighted by atomic mass is 19.1. The van der Waals surface area contributed by atoms with E-state index in [4.69, 9.17) is 10.5 Å². The van der Waals surface area contributed by atoms with E-state index in [1.807, 2.05) is 32.0 Å². The van der Waals surface area contributed by atoms with Crippen LogP contribution in [0.5, 0.6) is 5.75 Å². The molecule has 0 amide bonds. The second-order valence-corrected chi connectivity index (χ2v) is 4.34. The summed E-state index contributed by atoms with van der Waals surface area (Å²) in [5, 5.41) is 0.